The van der Waals surface area contributed by atoms with Crippen molar-refractivity contribution in [2.45, 2.75) is 77.7 Å². The molecule has 1 N–H and O–H groups in total. The summed E-state index contributed by atoms with van der Waals surface area (Å²) in [5.74, 6) is -0.0375. The van der Waals surface area contributed by atoms with Gasteiger partial charge in [-0.1, -0.05) is 19.9 Å². The van der Waals surface area contributed by atoms with Crippen LogP contribution in [0, 0.1) is 19.3 Å². The summed E-state index contributed by atoms with van der Waals surface area (Å²) in [6.45, 7) is 7.78. The number of hydrogen-bond acceptors (Lipinski definition) is 6. The molecule has 8 heteroatoms. The van der Waals surface area contributed by atoms with Crippen molar-refractivity contribution in [1.82, 2.24) is 9.88 Å². The minimum absolute atomic E-state index is 0.0140. The van der Waals surface area contributed by atoms with E-state index < -0.39 is 11.9 Å². The van der Waals surface area contributed by atoms with Gasteiger partial charge in [-0.05, 0) is 67.9 Å². The first-order valence-electron chi connectivity index (χ1n) is 14.2. The first-order valence-corrected chi connectivity index (χ1v) is 14.2. The number of Topliss-reactive ketones (excluding diaryl/α,β-unsaturated/α-hetero) is 1. The van der Waals surface area contributed by atoms with Gasteiger partial charge in [0.25, 0.3) is 5.91 Å². The van der Waals surface area contributed by atoms with E-state index in [2.05, 4.69) is 18.8 Å². The normalized spacial score (nSPS) is 22.7. The number of aryl methyl sites for hydroxylation is 1. The molecule has 8 nitrogen and oxygen atoms in total. The molecule has 0 bridgehead atoms. The highest BCUT2D eigenvalue weighted by Gasteiger charge is 2.54. The number of hydrogen-bond donors (Lipinski definition) is 1. The van der Waals surface area contributed by atoms with E-state index in [0.29, 0.717) is 64.5 Å². The average molecular weight is 557 g/mol. The predicted octanol–water partition coefficient (Wildman–Crippen LogP) is 5.87. The van der Waals surface area contributed by atoms with Gasteiger partial charge in [0.1, 0.15) is 17.3 Å². The summed E-state index contributed by atoms with van der Waals surface area (Å²) in [4.78, 5) is 46.3. The van der Waals surface area contributed by atoms with Crippen LogP contribution >= 0.6 is 0 Å². The van der Waals surface area contributed by atoms with Gasteiger partial charge in [-0.3, -0.25) is 9.59 Å². The molecule has 1 spiro atoms. The van der Waals surface area contributed by atoms with Crippen LogP contribution in [0.15, 0.2) is 46.9 Å². The molecule has 41 heavy (non-hydrogen) atoms. The van der Waals surface area contributed by atoms with Crippen molar-refractivity contribution in [1.29, 1.82) is 0 Å². The molecule has 2 aliphatic heterocycles. The third kappa shape index (κ3) is 4.10. The summed E-state index contributed by atoms with van der Waals surface area (Å²) in [5.41, 5.74) is 3.78. The molecule has 3 heterocycles. The Morgan fingerprint density at radius 3 is 2.39 bits per heavy atom. The number of carbonyl (C=O) groups is 3. The molecule has 2 aromatic rings. The highest BCUT2D eigenvalue weighted by molar-refractivity contribution is 6.06. The predicted molar refractivity (Wildman–Crippen MR) is 153 cm³/mol. The number of pyridine rings is 1. The third-order valence-corrected chi connectivity index (χ3v) is 9.58. The largest absolute Gasteiger partial charge is 0.496 e. The Hall–Kier alpha value is -3.94. The van der Waals surface area contributed by atoms with Gasteiger partial charge in [-0.2, -0.15) is 0 Å². The summed E-state index contributed by atoms with van der Waals surface area (Å²) >= 11 is 0. The number of carboxylic acids is 1. The smallest absolute Gasteiger partial charge is 0.354 e. The minimum Gasteiger partial charge on any atom is -0.496 e. The quantitative estimate of drug-likeness (QED) is 0.502. The summed E-state index contributed by atoms with van der Waals surface area (Å²) in [7, 11) is 3.45. The number of carboxylic acid groups (broad SMARTS) is 1. The Morgan fingerprint density at radius 2 is 1.76 bits per heavy atom. The zero-order valence-electron chi connectivity index (χ0n) is 24.5. The van der Waals surface area contributed by atoms with Crippen molar-refractivity contribution in [3.8, 4) is 17.0 Å². The number of likely N-dealkylation sites (N-methyl/N-ethyl adjacent to an activating group) is 1. The highest BCUT2D eigenvalue weighted by atomic mass is 16.5. The van der Waals surface area contributed by atoms with Crippen molar-refractivity contribution < 1.29 is 29.0 Å². The number of carbonyl (C=O) groups excluding carboxylic acids is 2. The molecule has 214 valence electrons. The van der Waals surface area contributed by atoms with Gasteiger partial charge < -0.3 is 19.5 Å². The maximum atomic E-state index is 14.2. The fourth-order valence-corrected chi connectivity index (χ4v) is 7.19. The van der Waals surface area contributed by atoms with E-state index in [-0.39, 0.29) is 28.3 Å². The number of ketones is 1. The van der Waals surface area contributed by atoms with Crippen LogP contribution in [0.25, 0.3) is 11.3 Å². The second-order valence-corrected chi connectivity index (χ2v) is 12.8. The molecule has 1 aromatic heterocycles. The number of ether oxygens (including phenoxy) is 2. The van der Waals surface area contributed by atoms with Crippen LogP contribution in [0.5, 0.6) is 5.75 Å². The first kappa shape index (κ1) is 27.2. The lowest BCUT2D eigenvalue weighted by molar-refractivity contribution is -0.138. The van der Waals surface area contributed by atoms with Crippen LogP contribution in [0.1, 0.15) is 85.5 Å². The van der Waals surface area contributed by atoms with Crippen LogP contribution in [0.3, 0.4) is 0 Å². The second-order valence-electron chi connectivity index (χ2n) is 12.8. The zero-order valence-corrected chi connectivity index (χ0v) is 24.5. The van der Waals surface area contributed by atoms with Gasteiger partial charge in [-0.15, -0.1) is 0 Å². The molecule has 1 atom stereocenters. The van der Waals surface area contributed by atoms with Gasteiger partial charge in [0.15, 0.2) is 11.5 Å². The van der Waals surface area contributed by atoms with E-state index in [4.69, 9.17) is 9.47 Å². The minimum atomic E-state index is -1.10. The van der Waals surface area contributed by atoms with Gasteiger partial charge >= 0.3 is 5.97 Å². The van der Waals surface area contributed by atoms with Crippen molar-refractivity contribution in [2.75, 3.05) is 14.2 Å². The van der Waals surface area contributed by atoms with E-state index in [9.17, 15) is 19.5 Å². The molecule has 0 radical (unpaired) electrons. The van der Waals surface area contributed by atoms with Crippen LogP contribution in [-0.4, -0.2) is 52.3 Å². The highest BCUT2D eigenvalue weighted by Crippen LogP contribution is 2.56. The molecule has 1 aromatic carbocycles. The van der Waals surface area contributed by atoms with Crippen molar-refractivity contribution in [2.24, 2.45) is 5.41 Å². The zero-order chi connectivity index (χ0) is 29.4. The van der Waals surface area contributed by atoms with E-state index in [0.717, 1.165) is 30.4 Å². The molecular weight excluding hydrogens is 520 g/mol. The number of methoxy groups -OCH3 is 1. The molecule has 1 fully saturated rings. The van der Waals surface area contributed by atoms with Crippen LogP contribution in [0.4, 0.5) is 0 Å². The molecule has 1 saturated carbocycles. The molecular formula is C33H36N2O6. The molecule has 0 unspecified atom stereocenters. The summed E-state index contributed by atoms with van der Waals surface area (Å²) in [5, 5.41) is 9.71. The topological polar surface area (TPSA) is 106 Å². The lowest BCUT2D eigenvalue weighted by atomic mass is 9.65. The second kappa shape index (κ2) is 9.29. The fourth-order valence-electron chi connectivity index (χ4n) is 7.19. The number of aromatic carboxylic acids is 1. The van der Waals surface area contributed by atoms with Gasteiger partial charge in [0, 0.05) is 48.5 Å². The Labute approximate surface area is 240 Å². The van der Waals surface area contributed by atoms with Gasteiger partial charge in [0.05, 0.1) is 24.3 Å². The summed E-state index contributed by atoms with van der Waals surface area (Å²) in [6.07, 6.45) is 4.50. The van der Waals surface area contributed by atoms with Gasteiger partial charge in [0.2, 0.25) is 0 Å². The monoisotopic (exact) mass is 556 g/mol. The van der Waals surface area contributed by atoms with Crippen LogP contribution in [0.2, 0.25) is 0 Å². The number of aromatic nitrogens is 1. The SMILES string of the molecule is COc1ccc(-c2ccc(C)c(C(=O)O)n2)c(C)c1[C@@H]1C2=C(CC(C)(C)CC2=O)OC2=C1C(=O)N(C)C1(CCC1)C2. The molecule has 1 amide bonds. The molecule has 0 saturated heterocycles. The van der Waals surface area contributed by atoms with Crippen LogP contribution in [-0.2, 0) is 14.3 Å². The number of nitrogens with zero attached hydrogens (tertiary/aromatic N) is 2. The van der Waals surface area contributed by atoms with Crippen molar-refractivity contribution >= 4 is 17.7 Å². The lowest BCUT2D eigenvalue weighted by Gasteiger charge is -2.54. The number of amides is 1. The molecule has 2 aliphatic carbocycles. The maximum Gasteiger partial charge on any atom is 0.354 e. The number of rotatable bonds is 4. The van der Waals surface area contributed by atoms with E-state index >= 15 is 0 Å². The van der Waals surface area contributed by atoms with E-state index in [1.54, 1.807) is 26.2 Å². The van der Waals surface area contributed by atoms with Crippen molar-refractivity contribution in [3.05, 3.63) is 69.3 Å². The lowest BCUT2D eigenvalue weighted by Crippen LogP contribution is -2.58. The average Bonchev–Trinajstić information content (AvgIpc) is 2.88. The van der Waals surface area contributed by atoms with Gasteiger partial charge in [-0.25, -0.2) is 9.78 Å². The summed E-state index contributed by atoms with van der Waals surface area (Å²) in [6, 6.07) is 7.22. The molecule has 6 rings (SSSR count). The Balaban J connectivity index is 1.61. The molecule has 4 aliphatic rings. The number of allylic oxidation sites excluding steroid dienone is 2. The maximum absolute atomic E-state index is 14.2. The van der Waals surface area contributed by atoms with Crippen molar-refractivity contribution in [3.63, 3.8) is 0 Å². The Bertz CT molecular complexity index is 1590. The Morgan fingerprint density at radius 1 is 1.05 bits per heavy atom. The summed E-state index contributed by atoms with van der Waals surface area (Å²) < 4.78 is 12.4. The Kier molecular flexibility index (Phi) is 6.17. The standard InChI is InChI=1S/C33H36N2O6/c1-17-8-10-20(34-29(17)31(38)39)19-9-11-22(40-6)25(18(19)2)28-26-21(36)14-32(3,4)15-23(26)41-24-16-33(12-7-13-33)35(5)30(37)27(24)28/h8-11,28H,7,12-16H2,1-6H3,(H,38,39)/t28-/m1/s1. The number of benzene rings is 1. The van der Waals surface area contributed by atoms with E-state index in [1.807, 2.05) is 31.0 Å². The third-order valence-electron chi connectivity index (χ3n) is 9.58. The fraction of sp³-hybridized carbons (Fsp3) is 0.455. The van der Waals surface area contributed by atoms with E-state index in [1.165, 1.54) is 0 Å². The van der Waals surface area contributed by atoms with Crippen LogP contribution < -0.4 is 4.74 Å². The first-order chi connectivity index (χ1) is 19.4.